The summed E-state index contributed by atoms with van der Waals surface area (Å²) in [7, 11) is 0. The Labute approximate surface area is 139 Å². The molecular formula is C16H24F3N3O2. The predicted molar refractivity (Wildman–Crippen MR) is 81.2 cm³/mol. The molecule has 1 saturated carbocycles. The lowest BCUT2D eigenvalue weighted by atomic mass is 9.80. The maximum Gasteiger partial charge on any atom is 0.391 e. The number of halogens is 3. The van der Waals surface area contributed by atoms with Crippen molar-refractivity contribution in [3.63, 3.8) is 0 Å². The summed E-state index contributed by atoms with van der Waals surface area (Å²) in [5.41, 5.74) is 0. The summed E-state index contributed by atoms with van der Waals surface area (Å²) in [6.07, 6.45) is -1.71. The summed E-state index contributed by atoms with van der Waals surface area (Å²) in [4.78, 5) is 27.8. The number of nitrogens with one attached hydrogen (secondary N) is 1. The highest BCUT2D eigenvalue weighted by molar-refractivity contribution is 5.79. The van der Waals surface area contributed by atoms with Gasteiger partial charge in [0.2, 0.25) is 5.91 Å². The first-order valence-corrected chi connectivity index (χ1v) is 8.76. The second-order valence-corrected chi connectivity index (χ2v) is 7.08. The molecule has 3 fully saturated rings. The molecule has 3 aliphatic rings. The molecule has 24 heavy (non-hydrogen) atoms. The van der Waals surface area contributed by atoms with Gasteiger partial charge < -0.3 is 15.1 Å². The molecule has 3 amide bonds. The average Bonchev–Trinajstić information content (AvgIpc) is 3.00. The van der Waals surface area contributed by atoms with Crippen molar-refractivity contribution >= 4 is 11.9 Å². The monoisotopic (exact) mass is 347 g/mol. The number of hydrogen-bond donors (Lipinski definition) is 1. The fourth-order valence-electron chi connectivity index (χ4n) is 4.20. The van der Waals surface area contributed by atoms with Gasteiger partial charge >= 0.3 is 12.2 Å². The minimum Gasteiger partial charge on any atom is -0.342 e. The van der Waals surface area contributed by atoms with Crippen LogP contribution in [0.2, 0.25) is 0 Å². The van der Waals surface area contributed by atoms with E-state index in [0.717, 1.165) is 0 Å². The smallest absolute Gasteiger partial charge is 0.342 e. The van der Waals surface area contributed by atoms with Gasteiger partial charge in [0.05, 0.1) is 5.92 Å². The molecule has 2 atom stereocenters. The number of alkyl halides is 3. The molecule has 0 aromatic carbocycles. The number of carbonyl (C=O) groups is 2. The second kappa shape index (κ2) is 6.80. The molecule has 136 valence electrons. The van der Waals surface area contributed by atoms with Crippen LogP contribution >= 0.6 is 0 Å². The number of rotatable bonds is 2. The van der Waals surface area contributed by atoms with E-state index in [1.165, 1.54) is 0 Å². The molecule has 1 aliphatic carbocycles. The van der Waals surface area contributed by atoms with E-state index in [2.05, 4.69) is 5.32 Å². The van der Waals surface area contributed by atoms with E-state index in [9.17, 15) is 22.8 Å². The first-order chi connectivity index (χ1) is 11.4. The van der Waals surface area contributed by atoms with Crippen LogP contribution in [0.1, 0.15) is 38.5 Å². The zero-order valence-corrected chi connectivity index (χ0v) is 13.6. The molecule has 0 radical (unpaired) electrons. The first kappa shape index (κ1) is 17.4. The van der Waals surface area contributed by atoms with Crippen LogP contribution in [0.25, 0.3) is 0 Å². The third kappa shape index (κ3) is 3.62. The van der Waals surface area contributed by atoms with Crippen molar-refractivity contribution in [3.8, 4) is 0 Å². The molecule has 0 aromatic heterocycles. The highest BCUT2D eigenvalue weighted by Crippen LogP contribution is 2.40. The maximum absolute atomic E-state index is 12.9. The zero-order valence-electron chi connectivity index (χ0n) is 13.6. The average molecular weight is 347 g/mol. The van der Waals surface area contributed by atoms with Crippen molar-refractivity contribution in [1.82, 2.24) is 15.1 Å². The Morgan fingerprint density at radius 3 is 2.38 bits per heavy atom. The fraction of sp³-hybridized carbons (Fsp3) is 0.875. The standard InChI is InChI=1S/C16H24F3N3O2/c17-16(18,19)12-3-1-2-11(10-12)14(23)21-7-4-13(5-8-21)22-9-6-20-15(22)24/h11-13H,1-10H2,(H,20,24)/t11-,12+/m1/s1. The number of carbonyl (C=O) groups excluding carboxylic acids is 2. The summed E-state index contributed by atoms with van der Waals surface area (Å²) < 4.78 is 38.7. The van der Waals surface area contributed by atoms with Crippen LogP contribution < -0.4 is 5.32 Å². The third-order valence-corrected chi connectivity index (χ3v) is 5.59. The van der Waals surface area contributed by atoms with Crippen molar-refractivity contribution in [2.24, 2.45) is 11.8 Å². The van der Waals surface area contributed by atoms with E-state index < -0.39 is 18.0 Å². The van der Waals surface area contributed by atoms with Gasteiger partial charge in [-0.15, -0.1) is 0 Å². The molecule has 5 nitrogen and oxygen atoms in total. The topological polar surface area (TPSA) is 52.7 Å². The van der Waals surface area contributed by atoms with Gasteiger partial charge in [-0.3, -0.25) is 4.79 Å². The predicted octanol–water partition coefficient (Wildman–Crippen LogP) is 2.37. The highest BCUT2D eigenvalue weighted by Gasteiger charge is 2.44. The number of piperidine rings is 1. The van der Waals surface area contributed by atoms with E-state index in [-0.39, 0.29) is 30.8 Å². The normalized spacial score (nSPS) is 29.7. The van der Waals surface area contributed by atoms with E-state index in [0.29, 0.717) is 51.9 Å². The van der Waals surface area contributed by atoms with Gasteiger partial charge in [0, 0.05) is 38.1 Å². The molecule has 0 spiro atoms. The van der Waals surface area contributed by atoms with Gasteiger partial charge in [-0.2, -0.15) is 13.2 Å². The van der Waals surface area contributed by atoms with Crippen LogP contribution in [0.15, 0.2) is 0 Å². The van der Waals surface area contributed by atoms with Gasteiger partial charge in [0.25, 0.3) is 0 Å². The highest BCUT2D eigenvalue weighted by atomic mass is 19.4. The Balaban J connectivity index is 1.52. The van der Waals surface area contributed by atoms with Crippen molar-refractivity contribution in [2.75, 3.05) is 26.2 Å². The molecule has 0 unspecified atom stereocenters. The lowest BCUT2D eigenvalue weighted by molar-refractivity contribution is -0.187. The van der Waals surface area contributed by atoms with E-state index in [4.69, 9.17) is 0 Å². The van der Waals surface area contributed by atoms with Crippen LogP contribution in [-0.4, -0.2) is 60.1 Å². The number of urea groups is 1. The summed E-state index contributed by atoms with van der Waals surface area (Å²) in [5, 5.41) is 2.77. The van der Waals surface area contributed by atoms with Crippen molar-refractivity contribution < 1.29 is 22.8 Å². The van der Waals surface area contributed by atoms with Crippen LogP contribution in [-0.2, 0) is 4.79 Å². The SMILES string of the molecule is O=C([C@@H]1CCC[C@H](C(F)(F)F)C1)N1CCC(N2CCNC2=O)CC1. The molecule has 2 heterocycles. The molecule has 8 heteroatoms. The lowest BCUT2D eigenvalue weighted by Crippen LogP contribution is -2.49. The Morgan fingerprint density at radius 1 is 1.08 bits per heavy atom. The van der Waals surface area contributed by atoms with Crippen LogP contribution in [0, 0.1) is 11.8 Å². The quantitative estimate of drug-likeness (QED) is 0.834. The van der Waals surface area contributed by atoms with Gasteiger partial charge in [0.15, 0.2) is 0 Å². The van der Waals surface area contributed by atoms with Crippen molar-refractivity contribution in [2.45, 2.75) is 50.7 Å². The second-order valence-electron chi connectivity index (χ2n) is 7.08. The number of hydrogen-bond acceptors (Lipinski definition) is 2. The van der Waals surface area contributed by atoms with E-state index in [1.54, 1.807) is 4.90 Å². The maximum atomic E-state index is 12.9. The Bertz CT molecular complexity index is 489. The van der Waals surface area contributed by atoms with Gasteiger partial charge in [-0.05, 0) is 32.1 Å². The van der Waals surface area contributed by atoms with Crippen molar-refractivity contribution in [1.29, 1.82) is 0 Å². The molecule has 2 aliphatic heterocycles. The zero-order chi connectivity index (χ0) is 17.3. The van der Waals surface area contributed by atoms with Crippen LogP contribution in [0.4, 0.5) is 18.0 Å². The van der Waals surface area contributed by atoms with Gasteiger partial charge in [-0.1, -0.05) is 6.42 Å². The molecule has 0 bridgehead atoms. The summed E-state index contributed by atoms with van der Waals surface area (Å²) in [6, 6.07) is 0.0749. The van der Waals surface area contributed by atoms with Gasteiger partial charge in [-0.25, -0.2) is 4.79 Å². The lowest BCUT2D eigenvalue weighted by Gasteiger charge is -2.39. The molecule has 1 N–H and O–H groups in total. The number of nitrogens with zero attached hydrogens (tertiary/aromatic N) is 2. The van der Waals surface area contributed by atoms with Gasteiger partial charge in [0.1, 0.15) is 0 Å². The van der Waals surface area contributed by atoms with Crippen LogP contribution in [0.3, 0.4) is 0 Å². The third-order valence-electron chi connectivity index (χ3n) is 5.59. The van der Waals surface area contributed by atoms with Crippen LogP contribution in [0.5, 0.6) is 0 Å². The summed E-state index contributed by atoms with van der Waals surface area (Å²) in [5.74, 6) is -1.98. The molecular weight excluding hydrogens is 323 g/mol. The Kier molecular flexibility index (Phi) is 4.92. The number of amides is 3. The molecule has 3 rings (SSSR count). The molecule has 2 saturated heterocycles. The Hall–Kier alpha value is -1.47. The van der Waals surface area contributed by atoms with E-state index in [1.807, 2.05) is 4.90 Å². The minimum absolute atomic E-state index is 0.0555. The number of likely N-dealkylation sites (tertiary alicyclic amines) is 1. The largest absolute Gasteiger partial charge is 0.391 e. The minimum atomic E-state index is -4.20. The fourth-order valence-corrected chi connectivity index (χ4v) is 4.20. The summed E-state index contributed by atoms with van der Waals surface area (Å²) >= 11 is 0. The first-order valence-electron chi connectivity index (χ1n) is 8.76. The Morgan fingerprint density at radius 2 is 1.79 bits per heavy atom. The summed E-state index contributed by atoms with van der Waals surface area (Å²) in [6.45, 7) is 2.40. The van der Waals surface area contributed by atoms with Crippen molar-refractivity contribution in [3.05, 3.63) is 0 Å². The molecule has 0 aromatic rings. The van der Waals surface area contributed by atoms with E-state index >= 15 is 0 Å².